The second kappa shape index (κ2) is 6.39. The van der Waals surface area contributed by atoms with Crippen LogP contribution >= 0.6 is 0 Å². The van der Waals surface area contributed by atoms with E-state index in [9.17, 15) is 9.90 Å². The first-order chi connectivity index (χ1) is 14.4. The fourth-order valence-corrected chi connectivity index (χ4v) is 4.33. The minimum atomic E-state index is -1.05. The van der Waals surface area contributed by atoms with Crippen LogP contribution in [0.5, 0.6) is 11.5 Å². The molecule has 3 unspecified atom stereocenters. The molecule has 3 atom stereocenters. The molecule has 3 aliphatic rings. The number of aromatic hydroxyl groups is 1. The van der Waals surface area contributed by atoms with E-state index >= 15 is 0 Å². The number of hydrogen-bond donors (Lipinski definition) is 1. The summed E-state index contributed by atoms with van der Waals surface area (Å²) in [6.07, 6.45) is 5.14. The maximum atomic E-state index is 12.8. The second-order valence-electron chi connectivity index (χ2n) is 7.69. The Balaban J connectivity index is 1.67. The third-order valence-electron chi connectivity index (χ3n) is 5.77. The van der Waals surface area contributed by atoms with Crippen LogP contribution in [0.4, 0.5) is 0 Å². The van der Waals surface area contributed by atoms with Gasteiger partial charge in [-0.15, -0.1) is 0 Å². The SMILES string of the molecule is C=C(C)C(=C)OC1=CC2Oc3cc(O)ccc3C3(OC(=O)c4ccccc43)C2C=C1. The third kappa shape index (κ3) is 2.52. The summed E-state index contributed by atoms with van der Waals surface area (Å²) < 4.78 is 18.1. The molecule has 30 heavy (non-hydrogen) atoms. The predicted molar refractivity (Wildman–Crippen MR) is 111 cm³/mol. The van der Waals surface area contributed by atoms with Gasteiger partial charge in [0.15, 0.2) is 5.60 Å². The van der Waals surface area contributed by atoms with Gasteiger partial charge in [-0.2, -0.15) is 0 Å². The Morgan fingerprint density at radius 2 is 1.97 bits per heavy atom. The molecular formula is C25H20O5. The van der Waals surface area contributed by atoms with Crippen molar-refractivity contribution in [2.24, 2.45) is 5.92 Å². The van der Waals surface area contributed by atoms with Crippen LogP contribution in [-0.4, -0.2) is 17.2 Å². The van der Waals surface area contributed by atoms with Gasteiger partial charge in [-0.25, -0.2) is 4.79 Å². The Kier molecular flexibility index (Phi) is 3.90. The van der Waals surface area contributed by atoms with Gasteiger partial charge in [-0.05, 0) is 42.8 Å². The molecule has 0 aromatic heterocycles. The molecule has 1 N–H and O–H groups in total. The van der Waals surface area contributed by atoms with E-state index in [1.54, 1.807) is 24.3 Å². The minimum Gasteiger partial charge on any atom is -0.508 e. The van der Waals surface area contributed by atoms with E-state index in [4.69, 9.17) is 14.2 Å². The zero-order chi connectivity index (χ0) is 21.0. The van der Waals surface area contributed by atoms with Crippen molar-refractivity contribution in [3.8, 4) is 11.5 Å². The second-order valence-corrected chi connectivity index (χ2v) is 7.69. The van der Waals surface area contributed by atoms with E-state index in [2.05, 4.69) is 13.2 Å². The highest BCUT2D eigenvalue weighted by molar-refractivity contribution is 5.96. The number of benzene rings is 2. The average Bonchev–Trinajstić information content (AvgIpc) is 3.01. The van der Waals surface area contributed by atoms with Crippen LogP contribution in [0.15, 0.2) is 90.9 Å². The van der Waals surface area contributed by atoms with Crippen molar-refractivity contribution in [3.63, 3.8) is 0 Å². The molecule has 2 aromatic rings. The van der Waals surface area contributed by atoms with Gasteiger partial charge in [-0.1, -0.05) is 37.4 Å². The van der Waals surface area contributed by atoms with Gasteiger partial charge in [0.2, 0.25) is 0 Å². The monoisotopic (exact) mass is 400 g/mol. The van der Waals surface area contributed by atoms with E-state index in [-0.39, 0.29) is 17.6 Å². The maximum Gasteiger partial charge on any atom is 0.339 e. The first-order valence-electron chi connectivity index (χ1n) is 9.66. The lowest BCUT2D eigenvalue weighted by atomic mass is 9.70. The lowest BCUT2D eigenvalue weighted by Crippen LogP contribution is -2.48. The Bertz CT molecular complexity index is 1170. The van der Waals surface area contributed by atoms with E-state index in [0.717, 1.165) is 11.1 Å². The topological polar surface area (TPSA) is 65.0 Å². The molecule has 5 heteroatoms. The van der Waals surface area contributed by atoms with Crippen molar-refractivity contribution in [1.29, 1.82) is 0 Å². The van der Waals surface area contributed by atoms with Gasteiger partial charge in [-0.3, -0.25) is 0 Å². The number of phenols is 1. The van der Waals surface area contributed by atoms with Crippen LogP contribution < -0.4 is 4.74 Å². The number of carbonyl (C=O) groups excluding carboxylic acids is 1. The van der Waals surface area contributed by atoms with E-state index in [1.165, 1.54) is 0 Å². The first kappa shape index (κ1) is 18.3. The zero-order valence-corrected chi connectivity index (χ0v) is 16.4. The number of rotatable bonds is 3. The van der Waals surface area contributed by atoms with Gasteiger partial charge in [0, 0.05) is 17.2 Å². The quantitative estimate of drug-likeness (QED) is 0.458. The first-order valence-corrected chi connectivity index (χ1v) is 9.66. The molecule has 0 saturated carbocycles. The van der Waals surface area contributed by atoms with Crippen LogP contribution in [0.25, 0.3) is 0 Å². The molecule has 2 aromatic carbocycles. The standard InChI is InChI=1S/C25H20O5/c1-14(2)15(3)28-17-9-11-21-23(13-17)29-22-12-16(26)8-10-20(22)25(21)19-7-5-4-6-18(19)24(27)30-25/h4-13,21,23,26H,1,3H2,2H3. The summed E-state index contributed by atoms with van der Waals surface area (Å²) in [6.45, 7) is 9.53. The summed E-state index contributed by atoms with van der Waals surface area (Å²) in [4.78, 5) is 12.8. The van der Waals surface area contributed by atoms with Gasteiger partial charge in [0.25, 0.3) is 0 Å². The predicted octanol–water partition coefficient (Wildman–Crippen LogP) is 4.74. The van der Waals surface area contributed by atoms with Gasteiger partial charge in [0.05, 0.1) is 11.5 Å². The van der Waals surface area contributed by atoms with Gasteiger partial charge < -0.3 is 19.3 Å². The van der Waals surface area contributed by atoms with Crippen LogP contribution in [0, 0.1) is 5.92 Å². The Morgan fingerprint density at radius 3 is 2.77 bits per heavy atom. The fraction of sp³-hybridized carbons (Fsp3) is 0.160. The summed E-state index contributed by atoms with van der Waals surface area (Å²) >= 11 is 0. The molecule has 0 saturated heterocycles. The van der Waals surface area contributed by atoms with Crippen molar-refractivity contribution in [2.75, 3.05) is 0 Å². The molecule has 0 radical (unpaired) electrons. The van der Waals surface area contributed by atoms with Gasteiger partial charge in [0.1, 0.15) is 29.1 Å². The van der Waals surface area contributed by atoms with E-state index in [1.807, 2.05) is 43.4 Å². The maximum absolute atomic E-state index is 12.8. The van der Waals surface area contributed by atoms with Crippen molar-refractivity contribution in [1.82, 2.24) is 0 Å². The van der Waals surface area contributed by atoms with Crippen LogP contribution in [0.3, 0.4) is 0 Å². The summed E-state index contributed by atoms with van der Waals surface area (Å²) in [5, 5.41) is 10.0. The molecule has 5 rings (SSSR count). The minimum absolute atomic E-state index is 0.0717. The lowest BCUT2D eigenvalue weighted by Gasteiger charge is -2.45. The summed E-state index contributed by atoms with van der Waals surface area (Å²) in [5.41, 5.74) is 1.69. The Hall–Kier alpha value is -3.73. The molecule has 0 bridgehead atoms. The molecular weight excluding hydrogens is 380 g/mol. The lowest BCUT2D eigenvalue weighted by molar-refractivity contribution is -0.0425. The smallest absolute Gasteiger partial charge is 0.339 e. The number of fused-ring (bicyclic) bond motifs is 6. The number of ether oxygens (including phenoxy) is 3. The van der Waals surface area contributed by atoms with Crippen LogP contribution in [-0.2, 0) is 15.1 Å². The highest BCUT2D eigenvalue weighted by Gasteiger charge is 2.58. The summed E-state index contributed by atoms with van der Waals surface area (Å²) in [6, 6.07) is 12.3. The van der Waals surface area contributed by atoms with Crippen molar-refractivity contribution >= 4 is 5.97 Å². The average molecular weight is 400 g/mol. The molecule has 2 heterocycles. The molecule has 0 fully saturated rings. The zero-order valence-electron chi connectivity index (χ0n) is 16.4. The largest absolute Gasteiger partial charge is 0.508 e. The Morgan fingerprint density at radius 1 is 1.17 bits per heavy atom. The number of phenolic OH excluding ortho intramolecular Hbond substituents is 1. The van der Waals surface area contributed by atoms with Gasteiger partial charge >= 0.3 is 5.97 Å². The van der Waals surface area contributed by atoms with Crippen molar-refractivity contribution in [3.05, 3.63) is 108 Å². The molecule has 5 nitrogen and oxygen atoms in total. The highest BCUT2D eigenvalue weighted by atomic mass is 16.6. The molecule has 2 aliphatic heterocycles. The number of esters is 1. The normalized spacial score (nSPS) is 25.4. The molecule has 1 spiro atoms. The number of allylic oxidation sites excluding steroid dienone is 2. The number of carbonyl (C=O) groups is 1. The fourth-order valence-electron chi connectivity index (χ4n) is 4.33. The van der Waals surface area contributed by atoms with Crippen molar-refractivity contribution in [2.45, 2.75) is 18.6 Å². The Labute approximate surface area is 174 Å². The summed E-state index contributed by atoms with van der Waals surface area (Å²) in [7, 11) is 0. The number of hydrogen-bond acceptors (Lipinski definition) is 5. The van der Waals surface area contributed by atoms with Crippen LogP contribution in [0.2, 0.25) is 0 Å². The highest BCUT2D eigenvalue weighted by Crippen LogP contribution is 2.56. The van der Waals surface area contributed by atoms with Crippen molar-refractivity contribution < 1.29 is 24.1 Å². The summed E-state index contributed by atoms with van der Waals surface area (Å²) in [5.74, 6) is 0.881. The van der Waals surface area contributed by atoms with Crippen LogP contribution in [0.1, 0.15) is 28.4 Å². The van der Waals surface area contributed by atoms with E-state index < -0.39 is 11.7 Å². The molecule has 0 amide bonds. The van der Waals surface area contributed by atoms with E-state index in [0.29, 0.717) is 28.4 Å². The molecule has 1 aliphatic carbocycles. The third-order valence-corrected chi connectivity index (χ3v) is 5.77. The molecule has 150 valence electrons.